The fraction of sp³-hybridized carbons (Fsp3) is 0.231. The Morgan fingerprint density at radius 1 is 1.28 bits per heavy atom. The summed E-state index contributed by atoms with van der Waals surface area (Å²) in [6.07, 6.45) is 0. The highest BCUT2D eigenvalue weighted by molar-refractivity contribution is 9.10. The second-order valence-corrected chi connectivity index (χ2v) is 6.34. The highest BCUT2D eigenvalue weighted by Crippen LogP contribution is 2.35. The molecule has 0 saturated heterocycles. The Bertz CT molecular complexity index is 631. The van der Waals surface area contributed by atoms with Gasteiger partial charge in [-0.1, -0.05) is 18.2 Å². The molecule has 0 bridgehead atoms. The molecule has 0 saturated carbocycles. The lowest BCUT2D eigenvalue weighted by molar-refractivity contribution is 0.555. The number of aromatic nitrogens is 1. The molecule has 1 aliphatic rings. The summed E-state index contributed by atoms with van der Waals surface area (Å²) >= 11 is 4.96. The molecule has 0 fully saturated rings. The van der Waals surface area contributed by atoms with Crippen LogP contribution in [-0.4, -0.2) is 10.8 Å². The minimum absolute atomic E-state index is 0.227. The fourth-order valence-corrected chi connectivity index (χ4v) is 3.28. The zero-order valence-corrected chi connectivity index (χ0v) is 12.5. The van der Waals surface area contributed by atoms with Crippen LogP contribution in [0.25, 0.3) is 0 Å². The summed E-state index contributed by atoms with van der Waals surface area (Å²) in [7, 11) is 0. The molecule has 5 heteroatoms. The number of aliphatic imine (C=N–C) groups is 1. The van der Waals surface area contributed by atoms with E-state index in [1.165, 1.54) is 5.56 Å². The fourth-order valence-electron chi connectivity index (χ4n) is 2.09. The van der Waals surface area contributed by atoms with E-state index in [2.05, 4.69) is 52.2 Å². The number of anilines is 1. The molecule has 3 rings (SSSR count). The molecule has 18 heavy (non-hydrogen) atoms. The van der Waals surface area contributed by atoms with Gasteiger partial charge in [-0.2, -0.15) is 0 Å². The van der Waals surface area contributed by atoms with Gasteiger partial charge >= 0.3 is 0 Å². The summed E-state index contributed by atoms with van der Waals surface area (Å²) in [4.78, 5) is 9.19. The van der Waals surface area contributed by atoms with Gasteiger partial charge in [-0.3, -0.25) is 4.99 Å². The number of para-hydroxylation sites is 1. The molecule has 0 unspecified atom stereocenters. The maximum atomic E-state index is 4.77. The lowest BCUT2D eigenvalue weighted by Gasteiger charge is -2.30. The largest absolute Gasteiger partial charge is 0.338 e. The van der Waals surface area contributed by atoms with E-state index in [1.807, 2.05) is 17.5 Å². The van der Waals surface area contributed by atoms with Gasteiger partial charge < -0.3 is 5.32 Å². The number of nitrogens with one attached hydrogen (secondary N) is 1. The summed E-state index contributed by atoms with van der Waals surface area (Å²) in [6, 6.07) is 8.26. The van der Waals surface area contributed by atoms with Crippen molar-refractivity contribution in [1.29, 1.82) is 0 Å². The number of hydrogen-bond donors (Lipinski definition) is 1. The Morgan fingerprint density at radius 2 is 2.06 bits per heavy atom. The van der Waals surface area contributed by atoms with Crippen molar-refractivity contribution in [2.24, 2.45) is 4.99 Å². The van der Waals surface area contributed by atoms with Crippen LogP contribution < -0.4 is 5.32 Å². The van der Waals surface area contributed by atoms with Crippen LogP contribution in [0.4, 0.5) is 5.69 Å². The Labute approximate surface area is 118 Å². The molecule has 0 radical (unpaired) electrons. The molecule has 2 heterocycles. The van der Waals surface area contributed by atoms with E-state index < -0.39 is 0 Å². The van der Waals surface area contributed by atoms with Crippen molar-refractivity contribution in [3.05, 3.63) is 44.8 Å². The van der Waals surface area contributed by atoms with Gasteiger partial charge in [0.15, 0.2) is 10.8 Å². The number of rotatable bonds is 1. The van der Waals surface area contributed by atoms with E-state index in [0.717, 1.165) is 21.1 Å². The van der Waals surface area contributed by atoms with E-state index in [9.17, 15) is 0 Å². The van der Waals surface area contributed by atoms with E-state index in [1.54, 1.807) is 11.3 Å². The molecule has 0 spiro atoms. The number of benzene rings is 1. The summed E-state index contributed by atoms with van der Waals surface area (Å²) in [5.41, 5.74) is 2.10. The zero-order valence-electron chi connectivity index (χ0n) is 10.1. The standard InChI is InChI=1S/C13H12BrN3S/c1-13(2)8-5-3-4-6-9(8)15-11(17-13)12-16-10(14)7-18-12/h3-7H,1-2H3,(H,15,17). The number of fused-ring (bicyclic) bond motifs is 1. The minimum Gasteiger partial charge on any atom is -0.338 e. The second kappa shape index (κ2) is 4.17. The first kappa shape index (κ1) is 11.9. The molecular formula is C13H12BrN3S. The number of halogens is 1. The molecule has 92 valence electrons. The van der Waals surface area contributed by atoms with Crippen LogP contribution in [0.2, 0.25) is 0 Å². The van der Waals surface area contributed by atoms with Crippen molar-refractivity contribution in [2.75, 3.05) is 5.32 Å². The second-order valence-electron chi connectivity index (χ2n) is 4.67. The van der Waals surface area contributed by atoms with Gasteiger partial charge in [-0.25, -0.2) is 4.98 Å². The third-order valence-corrected chi connectivity index (χ3v) is 4.47. The Hall–Kier alpha value is -1.20. The van der Waals surface area contributed by atoms with Gasteiger partial charge in [-0.15, -0.1) is 11.3 Å². The first-order chi connectivity index (χ1) is 8.56. The van der Waals surface area contributed by atoms with E-state index >= 15 is 0 Å². The van der Waals surface area contributed by atoms with Crippen molar-refractivity contribution < 1.29 is 0 Å². The maximum Gasteiger partial charge on any atom is 0.163 e. The highest BCUT2D eigenvalue weighted by atomic mass is 79.9. The summed E-state index contributed by atoms with van der Waals surface area (Å²) in [5.74, 6) is 0.842. The Kier molecular flexibility index (Phi) is 2.75. The first-order valence-electron chi connectivity index (χ1n) is 5.64. The Balaban J connectivity index is 2.09. The average Bonchev–Trinajstić information content (AvgIpc) is 2.75. The topological polar surface area (TPSA) is 37.3 Å². The molecule has 0 amide bonds. The smallest absolute Gasteiger partial charge is 0.163 e. The van der Waals surface area contributed by atoms with Crippen molar-refractivity contribution in [1.82, 2.24) is 4.98 Å². The third kappa shape index (κ3) is 1.97. The molecule has 0 aliphatic carbocycles. The zero-order chi connectivity index (χ0) is 12.8. The van der Waals surface area contributed by atoms with Crippen LogP contribution in [0.15, 0.2) is 39.2 Å². The van der Waals surface area contributed by atoms with Gasteiger partial charge in [0.05, 0.1) is 5.54 Å². The normalized spacial score (nSPS) is 16.7. The van der Waals surface area contributed by atoms with Crippen LogP contribution in [0.1, 0.15) is 24.4 Å². The summed E-state index contributed by atoms with van der Waals surface area (Å²) in [6.45, 7) is 4.24. The molecule has 0 atom stereocenters. The van der Waals surface area contributed by atoms with Gasteiger partial charge in [0, 0.05) is 16.6 Å². The van der Waals surface area contributed by atoms with Crippen LogP contribution in [-0.2, 0) is 5.54 Å². The SMILES string of the molecule is CC1(C)N=C(c2nc(Br)cs2)Nc2ccccc21. The molecule has 1 aromatic heterocycles. The van der Waals surface area contributed by atoms with Crippen LogP contribution in [0.3, 0.4) is 0 Å². The number of amidine groups is 1. The van der Waals surface area contributed by atoms with Gasteiger partial charge in [-0.05, 0) is 35.8 Å². The predicted octanol–water partition coefficient (Wildman–Crippen LogP) is 4.01. The van der Waals surface area contributed by atoms with Gasteiger partial charge in [0.2, 0.25) is 0 Å². The van der Waals surface area contributed by atoms with E-state index in [0.29, 0.717) is 0 Å². The minimum atomic E-state index is -0.227. The lowest BCUT2D eigenvalue weighted by atomic mass is 9.92. The first-order valence-corrected chi connectivity index (χ1v) is 7.31. The number of thiazole rings is 1. The number of nitrogens with zero attached hydrogens (tertiary/aromatic N) is 2. The molecule has 1 aliphatic heterocycles. The highest BCUT2D eigenvalue weighted by Gasteiger charge is 2.29. The van der Waals surface area contributed by atoms with E-state index in [4.69, 9.17) is 4.99 Å². The van der Waals surface area contributed by atoms with Gasteiger partial charge in [0.1, 0.15) is 4.60 Å². The average molecular weight is 322 g/mol. The molecule has 1 N–H and O–H groups in total. The Morgan fingerprint density at radius 3 is 2.78 bits per heavy atom. The molecular weight excluding hydrogens is 310 g/mol. The third-order valence-electron chi connectivity index (χ3n) is 2.91. The van der Waals surface area contributed by atoms with Crippen molar-refractivity contribution in [3.8, 4) is 0 Å². The number of hydrogen-bond acceptors (Lipinski definition) is 4. The maximum absolute atomic E-state index is 4.77. The van der Waals surface area contributed by atoms with Gasteiger partial charge in [0.25, 0.3) is 0 Å². The molecule has 3 nitrogen and oxygen atoms in total. The summed E-state index contributed by atoms with van der Waals surface area (Å²) < 4.78 is 0.851. The molecule has 2 aromatic rings. The van der Waals surface area contributed by atoms with Crippen LogP contribution in [0.5, 0.6) is 0 Å². The molecule has 1 aromatic carbocycles. The predicted molar refractivity (Wildman–Crippen MR) is 79.4 cm³/mol. The van der Waals surface area contributed by atoms with Crippen LogP contribution >= 0.6 is 27.3 Å². The van der Waals surface area contributed by atoms with Crippen molar-refractivity contribution in [2.45, 2.75) is 19.4 Å². The van der Waals surface area contributed by atoms with E-state index in [-0.39, 0.29) is 5.54 Å². The van der Waals surface area contributed by atoms with Crippen LogP contribution in [0, 0.1) is 0 Å². The monoisotopic (exact) mass is 321 g/mol. The van der Waals surface area contributed by atoms with Crippen molar-refractivity contribution in [3.63, 3.8) is 0 Å². The summed E-state index contributed by atoms with van der Waals surface area (Å²) in [5, 5.41) is 6.23. The quantitative estimate of drug-likeness (QED) is 0.861. The lowest BCUT2D eigenvalue weighted by Crippen LogP contribution is -2.29. The van der Waals surface area contributed by atoms with Crippen molar-refractivity contribution >= 4 is 38.8 Å².